The van der Waals surface area contributed by atoms with E-state index in [9.17, 15) is 14.4 Å². The van der Waals surface area contributed by atoms with Crippen LogP contribution in [0.3, 0.4) is 0 Å². The zero-order chi connectivity index (χ0) is 18.7. The highest BCUT2D eigenvalue weighted by Crippen LogP contribution is 2.33. The quantitative estimate of drug-likeness (QED) is 0.783. The highest BCUT2D eigenvalue weighted by Gasteiger charge is 2.32. The number of fused-ring (bicyclic) bond motifs is 1. The molecule has 1 saturated heterocycles. The Balaban J connectivity index is 1.80. The molecule has 0 unspecified atom stereocenters. The van der Waals surface area contributed by atoms with Crippen LogP contribution < -0.4 is 10.2 Å². The van der Waals surface area contributed by atoms with Gasteiger partial charge in [-0.1, -0.05) is 25.2 Å². The van der Waals surface area contributed by atoms with E-state index in [0.717, 1.165) is 22.4 Å². The summed E-state index contributed by atoms with van der Waals surface area (Å²) in [5.74, 6) is -0.422. The van der Waals surface area contributed by atoms with Gasteiger partial charge in [0.25, 0.3) is 0 Å². The van der Waals surface area contributed by atoms with Gasteiger partial charge in [-0.3, -0.25) is 9.59 Å². The Morgan fingerprint density at radius 1 is 1.19 bits per heavy atom. The normalized spacial score (nSPS) is 14.3. The average molecular weight is 374 g/mol. The zero-order valence-electron chi connectivity index (χ0n) is 14.9. The van der Waals surface area contributed by atoms with E-state index in [1.807, 2.05) is 19.9 Å². The van der Waals surface area contributed by atoms with E-state index >= 15 is 0 Å². The number of benzene rings is 1. The first-order valence-electron chi connectivity index (χ1n) is 8.85. The molecule has 4 amide bonds. The van der Waals surface area contributed by atoms with Gasteiger partial charge in [-0.05, 0) is 31.0 Å². The highest BCUT2D eigenvalue weighted by molar-refractivity contribution is 7.22. The van der Waals surface area contributed by atoms with Gasteiger partial charge in [-0.25, -0.2) is 14.7 Å². The number of carbonyl (C=O) groups excluding carboxylic acids is 3. The van der Waals surface area contributed by atoms with Gasteiger partial charge in [0, 0.05) is 31.6 Å². The summed E-state index contributed by atoms with van der Waals surface area (Å²) in [6, 6.07) is 5.28. The predicted octanol–water partition coefficient (Wildman–Crippen LogP) is 3.60. The van der Waals surface area contributed by atoms with E-state index in [-0.39, 0.29) is 30.7 Å². The molecule has 0 aliphatic carbocycles. The standard InChI is InChI=1S/C18H22N4O3S/c1-3-9-21(10-4-2)17(25)19-12-5-6-13-14(11-12)26-18(20-13)22-15(23)7-8-16(22)24/h5-6,11H,3-4,7-10H2,1-2H3,(H,19,25). The molecule has 1 aromatic carbocycles. The van der Waals surface area contributed by atoms with Gasteiger partial charge < -0.3 is 10.2 Å². The smallest absolute Gasteiger partial charge is 0.321 e. The van der Waals surface area contributed by atoms with Crippen LogP contribution in [0.2, 0.25) is 0 Å². The number of carbonyl (C=O) groups is 3. The van der Waals surface area contributed by atoms with Crippen LogP contribution in [0, 0.1) is 0 Å². The largest absolute Gasteiger partial charge is 0.325 e. The van der Waals surface area contributed by atoms with Gasteiger partial charge in [0.2, 0.25) is 11.8 Å². The second kappa shape index (κ2) is 7.82. The number of urea groups is 1. The highest BCUT2D eigenvalue weighted by atomic mass is 32.1. The maximum absolute atomic E-state index is 12.4. The minimum atomic E-state index is -0.211. The van der Waals surface area contributed by atoms with E-state index in [1.165, 1.54) is 11.3 Å². The lowest BCUT2D eigenvalue weighted by Crippen LogP contribution is -2.36. The van der Waals surface area contributed by atoms with Crippen molar-refractivity contribution in [2.75, 3.05) is 23.3 Å². The SMILES string of the molecule is CCCN(CCC)C(=O)Nc1ccc2nc(N3C(=O)CCC3=O)sc2c1. The van der Waals surface area contributed by atoms with Gasteiger partial charge in [-0.15, -0.1) is 0 Å². The van der Waals surface area contributed by atoms with E-state index in [0.29, 0.717) is 29.4 Å². The predicted molar refractivity (Wildman–Crippen MR) is 103 cm³/mol. The molecule has 1 N–H and O–H groups in total. The lowest BCUT2D eigenvalue weighted by Gasteiger charge is -2.21. The monoisotopic (exact) mass is 374 g/mol. The van der Waals surface area contributed by atoms with Crippen molar-refractivity contribution in [1.82, 2.24) is 9.88 Å². The minimum Gasteiger partial charge on any atom is -0.325 e. The summed E-state index contributed by atoms with van der Waals surface area (Å²) in [4.78, 5) is 43.5. The van der Waals surface area contributed by atoms with Gasteiger partial charge in [0.1, 0.15) is 0 Å². The van der Waals surface area contributed by atoms with Gasteiger partial charge >= 0.3 is 6.03 Å². The van der Waals surface area contributed by atoms with Crippen LogP contribution in [0.15, 0.2) is 18.2 Å². The molecule has 0 bridgehead atoms. The van der Waals surface area contributed by atoms with Crippen molar-refractivity contribution in [2.45, 2.75) is 39.5 Å². The Hall–Kier alpha value is -2.48. The summed E-state index contributed by atoms with van der Waals surface area (Å²) in [5, 5.41) is 3.32. The molecule has 1 aliphatic rings. The maximum atomic E-state index is 12.4. The second-order valence-corrected chi connectivity index (χ2v) is 7.23. The number of rotatable bonds is 6. The number of aromatic nitrogens is 1. The van der Waals surface area contributed by atoms with Crippen LogP contribution >= 0.6 is 11.3 Å². The lowest BCUT2D eigenvalue weighted by molar-refractivity contribution is -0.121. The second-order valence-electron chi connectivity index (χ2n) is 6.22. The molecule has 26 heavy (non-hydrogen) atoms. The fourth-order valence-corrected chi connectivity index (χ4v) is 3.97. The van der Waals surface area contributed by atoms with Crippen molar-refractivity contribution in [3.63, 3.8) is 0 Å². The number of amides is 4. The van der Waals surface area contributed by atoms with Crippen LogP contribution in [0.1, 0.15) is 39.5 Å². The molecule has 0 radical (unpaired) electrons. The van der Waals surface area contributed by atoms with E-state index in [4.69, 9.17) is 0 Å². The van der Waals surface area contributed by atoms with Crippen LogP contribution in [0.4, 0.5) is 15.6 Å². The molecule has 3 rings (SSSR count). The third kappa shape index (κ3) is 3.70. The number of hydrogen-bond acceptors (Lipinski definition) is 5. The van der Waals surface area contributed by atoms with Crippen molar-refractivity contribution >= 4 is 50.2 Å². The van der Waals surface area contributed by atoms with Crippen LogP contribution in [0.25, 0.3) is 10.2 Å². The average Bonchev–Trinajstić information content (AvgIpc) is 3.16. The molecule has 7 nitrogen and oxygen atoms in total. The summed E-state index contributed by atoms with van der Waals surface area (Å²) in [6.45, 7) is 5.52. The van der Waals surface area contributed by atoms with Gasteiger partial charge in [0.15, 0.2) is 5.13 Å². The van der Waals surface area contributed by atoms with Crippen molar-refractivity contribution in [2.24, 2.45) is 0 Å². The van der Waals surface area contributed by atoms with Crippen molar-refractivity contribution in [1.29, 1.82) is 0 Å². The molecule has 1 fully saturated rings. The lowest BCUT2D eigenvalue weighted by atomic mass is 10.3. The Morgan fingerprint density at radius 2 is 1.85 bits per heavy atom. The molecule has 0 atom stereocenters. The first-order valence-corrected chi connectivity index (χ1v) is 9.67. The minimum absolute atomic E-state index is 0.123. The molecule has 2 aromatic rings. The summed E-state index contributed by atoms with van der Waals surface area (Å²) in [7, 11) is 0. The summed E-state index contributed by atoms with van der Waals surface area (Å²) < 4.78 is 0.822. The molecular weight excluding hydrogens is 352 g/mol. The van der Waals surface area contributed by atoms with E-state index < -0.39 is 0 Å². The molecule has 1 aliphatic heterocycles. The number of thiazole rings is 1. The zero-order valence-corrected chi connectivity index (χ0v) is 15.8. The summed E-state index contributed by atoms with van der Waals surface area (Å²) in [6.07, 6.45) is 2.28. The maximum Gasteiger partial charge on any atom is 0.321 e. The number of nitrogens with one attached hydrogen (secondary N) is 1. The van der Waals surface area contributed by atoms with Crippen molar-refractivity contribution in [3.05, 3.63) is 18.2 Å². The third-order valence-electron chi connectivity index (χ3n) is 4.15. The molecule has 2 heterocycles. The topological polar surface area (TPSA) is 82.6 Å². The fraction of sp³-hybridized carbons (Fsp3) is 0.444. The fourth-order valence-electron chi connectivity index (χ4n) is 2.93. The van der Waals surface area contributed by atoms with Gasteiger partial charge in [-0.2, -0.15) is 0 Å². The number of nitrogens with zero attached hydrogens (tertiary/aromatic N) is 3. The first kappa shape index (κ1) is 18.3. The molecular formula is C18H22N4O3S. The number of imide groups is 1. The summed E-state index contributed by atoms with van der Waals surface area (Å²) in [5.41, 5.74) is 1.38. The molecule has 1 aromatic heterocycles. The van der Waals surface area contributed by atoms with Crippen LogP contribution in [-0.2, 0) is 9.59 Å². The van der Waals surface area contributed by atoms with Crippen LogP contribution in [-0.4, -0.2) is 40.8 Å². The Labute approximate surface area is 156 Å². The third-order valence-corrected chi connectivity index (χ3v) is 5.15. The molecule has 0 saturated carbocycles. The number of anilines is 2. The van der Waals surface area contributed by atoms with Crippen LogP contribution in [0.5, 0.6) is 0 Å². The molecule has 0 spiro atoms. The summed E-state index contributed by atoms with van der Waals surface area (Å²) >= 11 is 1.28. The molecule has 138 valence electrons. The Morgan fingerprint density at radius 3 is 2.46 bits per heavy atom. The van der Waals surface area contributed by atoms with E-state index in [2.05, 4.69) is 10.3 Å². The van der Waals surface area contributed by atoms with E-state index in [1.54, 1.807) is 17.0 Å². The van der Waals surface area contributed by atoms with Crippen molar-refractivity contribution in [3.8, 4) is 0 Å². The van der Waals surface area contributed by atoms with Gasteiger partial charge in [0.05, 0.1) is 10.2 Å². The molecule has 8 heteroatoms. The van der Waals surface area contributed by atoms with Crippen molar-refractivity contribution < 1.29 is 14.4 Å². The Bertz CT molecular complexity index is 826. The first-order chi connectivity index (χ1) is 12.5. The number of hydrogen-bond donors (Lipinski definition) is 1. The Kier molecular flexibility index (Phi) is 5.51.